The highest BCUT2D eigenvalue weighted by Gasteiger charge is 2.23. The first kappa shape index (κ1) is 9.12. The van der Waals surface area contributed by atoms with Gasteiger partial charge < -0.3 is 10.0 Å². The molecule has 1 atom stereocenters. The van der Waals surface area contributed by atoms with E-state index in [4.69, 9.17) is 0 Å². The van der Waals surface area contributed by atoms with Crippen molar-refractivity contribution in [1.82, 2.24) is 4.37 Å². The van der Waals surface area contributed by atoms with Crippen LogP contribution in [0.4, 0.5) is 5.00 Å². The summed E-state index contributed by atoms with van der Waals surface area (Å²) in [5.41, 5.74) is 1.05. The largest absolute Gasteiger partial charge is 0.391 e. The van der Waals surface area contributed by atoms with Crippen LogP contribution < -0.4 is 4.90 Å². The summed E-state index contributed by atoms with van der Waals surface area (Å²) in [7, 11) is 0. The molecule has 1 fully saturated rings. The van der Waals surface area contributed by atoms with Gasteiger partial charge in [-0.25, -0.2) is 0 Å². The summed E-state index contributed by atoms with van der Waals surface area (Å²) in [6.45, 7) is 1.68. The maximum atomic E-state index is 9.51. The Hall–Kier alpha value is -1.13. The molecule has 1 aliphatic rings. The molecule has 4 heteroatoms. The van der Waals surface area contributed by atoms with Crippen molar-refractivity contribution in [3.8, 4) is 0 Å². The lowest BCUT2D eigenvalue weighted by molar-refractivity contribution is 0.198. The molecular weight excluding hydrogens is 208 g/mol. The van der Waals surface area contributed by atoms with Crippen LogP contribution in [-0.2, 0) is 0 Å². The van der Waals surface area contributed by atoms with E-state index in [0.29, 0.717) is 0 Å². The summed E-state index contributed by atoms with van der Waals surface area (Å²) in [5.74, 6) is 0. The zero-order valence-corrected chi connectivity index (χ0v) is 9.07. The quantitative estimate of drug-likeness (QED) is 0.797. The van der Waals surface area contributed by atoms with Crippen molar-refractivity contribution in [2.45, 2.75) is 12.5 Å². The fourth-order valence-electron chi connectivity index (χ4n) is 2.03. The molecule has 0 bridgehead atoms. The molecule has 2 heterocycles. The second kappa shape index (κ2) is 3.47. The van der Waals surface area contributed by atoms with E-state index in [9.17, 15) is 5.11 Å². The van der Waals surface area contributed by atoms with Gasteiger partial charge >= 0.3 is 0 Å². The van der Waals surface area contributed by atoms with E-state index in [0.717, 1.165) is 25.0 Å². The van der Waals surface area contributed by atoms with Gasteiger partial charge in [0, 0.05) is 18.5 Å². The second-order valence-electron chi connectivity index (χ2n) is 3.89. The van der Waals surface area contributed by atoms with Crippen molar-refractivity contribution >= 4 is 27.4 Å². The van der Waals surface area contributed by atoms with Crippen LogP contribution in [0.25, 0.3) is 10.9 Å². The molecule has 1 saturated heterocycles. The normalized spacial score (nSPS) is 21.4. The minimum atomic E-state index is -0.175. The van der Waals surface area contributed by atoms with Gasteiger partial charge in [0.2, 0.25) is 0 Å². The number of aliphatic hydroxyl groups is 1. The number of benzene rings is 1. The molecule has 0 spiro atoms. The van der Waals surface area contributed by atoms with Gasteiger partial charge in [-0.2, -0.15) is 4.37 Å². The van der Waals surface area contributed by atoms with Crippen LogP contribution in [0.5, 0.6) is 0 Å². The lowest BCUT2D eigenvalue weighted by atomic mass is 10.2. The molecule has 78 valence electrons. The molecule has 0 amide bonds. The molecule has 15 heavy (non-hydrogen) atoms. The summed E-state index contributed by atoms with van der Waals surface area (Å²) in [6, 6.07) is 8.16. The molecule has 1 unspecified atom stereocenters. The molecule has 1 aromatic heterocycles. The highest BCUT2D eigenvalue weighted by molar-refractivity contribution is 7.11. The van der Waals surface area contributed by atoms with E-state index in [1.165, 1.54) is 21.9 Å². The van der Waals surface area contributed by atoms with Crippen molar-refractivity contribution in [3.63, 3.8) is 0 Å². The number of rotatable bonds is 1. The van der Waals surface area contributed by atoms with Crippen LogP contribution in [0.3, 0.4) is 0 Å². The van der Waals surface area contributed by atoms with Crippen LogP contribution >= 0.6 is 11.5 Å². The Morgan fingerprint density at radius 2 is 2.27 bits per heavy atom. The van der Waals surface area contributed by atoms with Crippen LogP contribution in [0.15, 0.2) is 24.3 Å². The van der Waals surface area contributed by atoms with Gasteiger partial charge in [-0.1, -0.05) is 12.1 Å². The molecule has 0 aliphatic carbocycles. The first-order chi connectivity index (χ1) is 7.34. The zero-order valence-electron chi connectivity index (χ0n) is 8.26. The first-order valence-electron chi connectivity index (χ1n) is 5.12. The Kier molecular flexibility index (Phi) is 2.11. The number of nitrogens with zero attached hydrogens (tertiary/aromatic N) is 2. The maximum absolute atomic E-state index is 9.51. The molecule has 1 aliphatic heterocycles. The van der Waals surface area contributed by atoms with Gasteiger partial charge in [0.05, 0.1) is 11.6 Å². The van der Waals surface area contributed by atoms with Gasteiger partial charge in [-0.15, -0.1) is 0 Å². The number of aromatic nitrogens is 1. The minimum Gasteiger partial charge on any atom is -0.391 e. The van der Waals surface area contributed by atoms with Crippen molar-refractivity contribution in [1.29, 1.82) is 0 Å². The molecule has 3 rings (SSSR count). The zero-order chi connectivity index (χ0) is 10.3. The Morgan fingerprint density at radius 3 is 3.07 bits per heavy atom. The number of fused-ring (bicyclic) bond motifs is 1. The standard InChI is InChI=1S/C11H12N2OS/c14-8-5-6-13(7-8)11-9-3-1-2-4-10(9)12-15-11/h1-4,8,14H,5-7H2. The fraction of sp³-hybridized carbons (Fsp3) is 0.364. The van der Waals surface area contributed by atoms with Crippen LogP contribution in [0, 0.1) is 0 Å². The van der Waals surface area contributed by atoms with E-state index >= 15 is 0 Å². The number of anilines is 1. The lowest BCUT2D eigenvalue weighted by Crippen LogP contribution is -2.20. The molecule has 2 aromatic rings. The van der Waals surface area contributed by atoms with E-state index in [1.807, 2.05) is 18.2 Å². The topological polar surface area (TPSA) is 36.4 Å². The van der Waals surface area contributed by atoms with Crippen LogP contribution in [0.1, 0.15) is 6.42 Å². The van der Waals surface area contributed by atoms with Crippen molar-refractivity contribution in [2.75, 3.05) is 18.0 Å². The molecule has 0 radical (unpaired) electrons. The number of β-amino-alcohol motifs (C(OH)–C–C–N with tert-alkyl or cyclic N) is 1. The molecule has 0 saturated carbocycles. The maximum Gasteiger partial charge on any atom is 0.120 e. The molecule has 1 aromatic carbocycles. The Morgan fingerprint density at radius 1 is 1.40 bits per heavy atom. The summed E-state index contributed by atoms with van der Waals surface area (Å²) in [5, 5.41) is 11.9. The summed E-state index contributed by atoms with van der Waals surface area (Å²) >= 11 is 1.53. The highest BCUT2D eigenvalue weighted by atomic mass is 32.1. The first-order valence-corrected chi connectivity index (χ1v) is 5.89. The van der Waals surface area contributed by atoms with Crippen LogP contribution in [0.2, 0.25) is 0 Å². The van der Waals surface area contributed by atoms with Gasteiger partial charge in [-0.3, -0.25) is 0 Å². The molecule has 3 nitrogen and oxygen atoms in total. The smallest absolute Gasteiger partial charge is 0.120 e. The molecule has 1 N–H and O–H groups in total. The third-order valence-corrected chi connectivity index (χ3v) is 3.75. The molecular formula is C11H12N2OS. The minimum absolute atomic E-state index is 0.175. The van der Waals surface area contributed by atoms with E-state index in [1.54, 1.807) is 0 Å². The Balaban J connectivity index is 2.04. The number of aliphatic hydroxyl groups excluding tert-OH is 1. The lowest BCUT2D eigenvalue weighted by Gasteiger charge is -2.14. The summed E-state index contributed by atoms with van der Waals surface area (Å²) < 4.78 is 4.41. The van der Waals surface area contributed by atoms with E-state index in [-0.39, 0.29) is 6.10 Å². The van der Waals surface area contributed by atoms with Gasteiger partial charge in [0.1, 0.15) is 5.00 Å². The Bertz CT molecular complexity index is 482. The third kappa shape index (κ3) is 1.50. The summed E-state index contributed by atoms with van der Waals surface area (Å²) in [6.07, 6.45) is 0.692. The predicted octanol–water partition coefficient (Wildman–Crippen LogP) is 1.87. The Labute approximate surface area is 92.1 Å². The van der Waals surface area contributed by atoms with Crippen molar-refractivity contribution in [3.05, 3.63) is 24.3 Å². The fourth-order valence-corrected chi connectivity index (χ4v) is 2.93. The third-order valence-electron chi connectivity index (χ3n) is 2.82. The predicted molar refractivity (Wildman–Crippen MR) is 62.5 cm³/mol. The number of hydrogen-bond donors (Lipinski definition) is 1. The van der Waals surface area contributed by atoms with E-state index < -0.39 is 0 Å². The van der Waals surface area contributed by atoms with Crippen molar-refractivity contribution < 1.29 is 5.11 Å². The van der Waals surface area contributed by atoms with Crippen molar-refractivity contribution in [2.24, 2.45) is 0 Å². The SMILES string of the molecule is OC1CCN(c2snc3ccccc23)C1. The van der Waals surface area contributed by atoms with Gasteiger partial charge in [0.25, 0.3) is 0 Å². The monoisotopic (exact) mass is 220 g/mol. The van der Waals surface area contributed by atoms with Gasteiger partial charge in [0.15, 0.2) is 0 Å². The number of hydrogen-bond acceptors (Lipinski definition) is 4. The average Bonchev–Trinajstić information content (AvgIpc) is 2.83. The second-order valence-corrected chi connectivity index (χ2v) is 4.65. The van der Waals surface area contributed by atoms with E-state index in [2.05, 4.69) is 15.3 Å². The average molecular weight is 220 g/mol. The van der Waals surface area contributed by atoms with Gasteiger partial charge in [-0.05, 0) is 30.1 Å². The highest BCUT2D eigenvalue weighted by Crippen LogP contribution is 2.33. The summed E-state index contributed by atoms with van der Waals surface area (Å²) in [4.78, 5) is 2.23. The van der Waals surface area contributed by atoms with Crippen LogP contribution in [-0.4, -0.2) is 28.7 Å².